The lowest BCUT2D eigenvalue weighted by molar-refractivity contribution is -0.621. The molecule has 0 saturated carbocycles. The van der Waals surface area contributed by atoms with Gasteiger partial charge in [-0.1, -0.05) is 36.4 Å². The highest BCUT2D eigenvalue weighted by atomic mass is 16.7. The van der Waals surface area contributed by atoms with Gasteiger partial charge in [0.05, 0.1) is 0 Å². The van der Waals surface area contributed by atoms with Crippen LogP contribution >= 0.6 is 0 Å². The zero-order valence-corrected chi connectivity index (χ0v) is 18.4. The number of rotatable bonds is 5. The van der Waals surface area contributed by atoms with Crippen molar-refractivity contribution in [3.63, 3.8) is 0 Å². The van der Waals surface area contributed by atoms with Gasteiger partial charge in [-0.25, -0.2) is 9.30 Å². The third kappa shape index (κ3) is 3.84. The number of esters is 2. The molecular formula is C24H25N3O5. The molecule has 1 aliphatic rings. The Morgan fingerprint density at radius 2 is 1.75 bits per heavy atom. The summed E-state index contributed by atoms with van der Waals surface area (Å²) in [5, 5.41) is 13.4. The van der Waals surface area contributed by atoms with Crippen LogP contribution in [0.1, 0.15) is 48.1 Å². The SMILES string of the molecule is Cc1c(C)[n+]([O-])c([C@H](c2cccnc2)C2C(=O)OC(C)(C)OC2=O)n1Cc1ccccc1. The highest BCUT2D eigenvalue weighted by Gasteiger charge is 2.52. The molecule has 1 saturated heterocycles. The van der Waals surface area contributed by atoms with E-state index in [0.717, 1.165) is 16.0 Å². The van der Waals surface area contributed by atoms with Crippen LogP contribution in [0.5, 0.6) is 0 Å². The van der Waals surface area contributed by atoms with E-state index in [4.69, 9.17) is 9.47 Å². The minimum absolute atomic E-state index is 0.260. The van der Waals surface area contributed by atoms with Crippen molar-refractivity contribution in [2.24, 2.45) is 5.92 Å². The Hall–Kier alpha value is -3.68. The van der Waals surface area contributed by atoms with Crippen molar-refractivity contribution in [2.75, 3.05) is 0 Å². The number of carbonyl (C=O) groups excluding carboxylic acids is 2. The number of imidazole rings is 1. The molecule has 0 amide bonds. The summed E-state index contributed by atoms with van der Waals surface area (Å²) in [6.07, 6.45) is 3.14. The number of hydrogen-bond donors (Lipinski definition) is 0. The van der Waals surface area contributed by atoms with Crippen molar-refractivity contribution in [1.82, 2.24) is 9.55 Å². The minimum atomic E-state index is -1.37. The summed E-state index contributed by atoms with van der Waals surface area (Å²) >= 11 is 0. The lowest BCUT2D eigenvalue weighted by atomic mass is 9.85. The van der Waals surface area contributed by atoms with Gasteiger partial charge >= 0.3 is 11.9 Å². The molecule has 0 N–H and O–H groups in total. The van der Waals surface area contributed by atoms with Gasteiger partial charge in [0.2, 0.25) is 0 Å². The molecule has 32 heavy (non-hydrogen) atoms. The molecule has 8 heteroatoms. The molecule has 4 rings (SSSR count). The predicted molar refractivity (Wildman–Crippen MR) is 114 cm³/mol. The molecule has 1 fully saturated rings. The van der Waals surface area contributed by atoms with Crippen LogP contribution in [-0.2, 0) is 25.6 Å². The van der Waals surface area contributed by atoms with Gasteiger partial charge in [0.1, 0.15) is 23.9 Å². The molecule has 0 radical (unpaired) electrons. The van der Waals surface area contributed by atoms with Crippen LogP contribution in [0.15, 0.2) is 54.9 Å². The van der Waals surface area contributed by atoms with E-state index in [9.17, 15) is 14.8 Å². The van der Waals surface area contributed by atoms with Crippen LogP contribution in [0, 0.1) is 25.0 Å². The molecule has 3 heterocycles. The molecule has 2 aromatic heterocycles. The Morgan fingerprint density at radius 3 is 2.34 bits per heavy atom. The molecule has 1 aromatic carbocycles. The zero-order valence-electron chi connectivity index (χ0n) is 18.4. The normalized spacial score (nSPS) is 17.0. The lowest BCUT2D eigenvalue weighted by Gasteiger charge is -2.35. The van der Waals surface area contributed by atoms with E-state index >= 15 is 0 Å². The Balaban J connectivity index is 1.91. The number of ether oxygens (including phenoxy) is 2. The van der Waals surface area contributed by atoms with E-state index in [1.54, 1.807) is 31.5 Å². The first-order chi connectivity index (χ1) is 15.2. The zero-order chi connectivity index (χ0) is 23.0. The maximum Gasteiger partial charge on any atom is 0.324 e. The maximum atomic E-state index is 13.4. The number of benzene rings is 1. The van der Waals surface area contributed by atoms with Crippen LogP contribution < -0.4 is 4.73 Å². The summed E-state index contributed by atoms with van der Waals surface area (Å²) in [5.74, 6) is -4.85. The summed E-state index contributed by atoms with van der Waals surface area (Å²) in [7, 11) is 0. The quantitative estimate of drug-likeness (QED) is 0.265. The highest BCUT2D eigenvalue weighted by Crippen LogP contribution is 2.37. The fourth-order valence-electron chi connectivity index (χ4n) is 4.11. The van der Waals surface area contributed by atoms with Crippen LogP contribution in [0.4, 0.5) is 0 Å². The van der Waals surface area contributed by atoms with E-state index in [1.807, 2.05) is 41.8 Å². The molecule has 1 aliphatic heterocycles. The Kier molecular flexibility index (Phi) is 5.46. The summed E-state index contributed by atoms with van der Waals surface area (Å²) < 4.78 is 13.4. The number of pyridine rings is 1. The van der Waals surface area contributed by atoms with Crippen LogP contribution in [0.3, 0.4) is 0 Å². The number of hydrogen-bond acceptors (Lipinski definition) is 6. The van der Waals surface area contributed by atoms with Gasteiger partial charge in [-0.3, -0.25) is 14.6 Å². The first-order valence-corrected chi connectivity index (χ1v) is 10.4. The fourth-order valence-corrected chi connectivity index (χ4v) is 4.11. The Morgan fingerprint density at radius 1 is 1.09 bits per heavy atom. The molecule has 0 aliphatic carbocycles. The fraction of sp³-hybridized carbons (Fsp3) is 0.333. The number of aromatic nitrogens is 3. The summed E-state index contributed by atoms with van der Waals surface area (Å²) in [6, 6.07) is 13.1. The standard InChI is InChI=1S/C24H25N3O5/c1-15-16(2)27(30)21(26(15)14-17-9-6-5-7-10-17)19(18-11-8-12-25-13-18)20-22(28)31-24(3,4)32-23(20)29/h5-13,19-20H,14H2,1-4H3/t19-/m1/s1. The molecule has 8 nitrogen and oxygen atoms in total. The number of carbonyl (C=O) groups is 2. The molecule has 0 bridgehead atoms. The van der Waals surface area contributed by atoms with Crippen molar-refractivity contribution in [3.8, 4) is 0 Å². The molecule has 0 spiro atoms. The Labute approximate surface area is 186 Å². The van der Waals surface area contributed by atoms with Gasteiger partial charge in [-0.15, -0.1) is 0 Å². The van der Waals surface area contributed by atoms with Crippen molar-refractivity contribution in [1.29, 1.82) is 0 Å². The largest absolute Gasteiger partial charge is 0.711 e. The van der Waals surface area contributed by atoms with Crippen LogP contribution in [-0.4, -0.2) is 27.3 Å². The van der Waals surface area contributed by atoms with E-state index in [1.165, 1.54) is 13.8 Å². The van der Waals surface area contributed by atoms with Gasteiger partial charge in [-0.05, 0) is 17.2 Å². The van der Waals surface area contributed by atoms with Crippen molar-refractivity contribution in [3.05, 3.63) is 88.4 Å². The van der Waals surface area contributed by atoms with Gasteiger partial charge in [0.25, 0.3) is 11.6 Å². The van der Waals surface area contributed by atoms with E-state index in [-0.39, 0.29) is 5.82 Å². The minimum Gasteiger partial charge on any atom is -0.711 e. The first kappa shape index (κ1) is 21.5. The van der Waals surface area contributed by atoms with Crippen molar-refractivity contribution in [2.45, 2.75) is 45.9 Å². The Bertz CT molecular complexity index is 1140. The third-order valence-corrected chi connectivity index (χ3v) is 5.76. The average Bonchev–Trinajstić information content (AvgIpc) is 2.95. The molecule has 3 aromatic rings. The predicted octanol–water partition coefficient (Wildman–Crippen LogP) is 2.77. The third-order valence-electron chi connectivity index (χ3n) is 5.76. The smallest absolute Gasteiger partial charge is 0.324 e. The molecule has 166 valence electrons. The van der Waals surface area contributed by atoms with Crippen molar-refractivity contribution >= 4 is 11.9 Å². The average molecular weight is 435 g/mol. The van der Waals surface area contributed by atoms with Gasteiger partial charge in [0, 0.05) is 40.1 Å². The molecule has 1 atom stereocenters. The van der Waals surface area contributed by atoms with Gasteiger partial charge < -0.3 is 14.7 Å². The van der Waals surface area contributed by atoms with Crippen molar-refractivity contribution < 1.29 is 23.8 Å². The monoisotopic (exact) mass is 435 g/mol. The highest BCUT2D eigenvalue weighted by molar-refractivity contribution is 5.98. The first-order valence-electron chi connectivity index (χ1n) is 10.4. The topological polar surface area (TPSA) is 97.4 Å². The summed E-state index contributed by atoms with van der Waals surface area (Å²) in [6.45, 7) is 6.96. The van der Waals surface area contributed by atoms with E-state index < -0.39 is 29.6 Å². The second kappa shape index (κ2) is 8.11. The molecular weight excluding hydrogens is 410 g/mol. The second-order valence-corrected chi connectivity index (χ2v) is 8.38. The second-order valence-electron chi connectivity index (χ2n) is 8.38. The van der Waals surface area contributed by atoms with Gasteiger partial charge in [-0.2, -0.15) is 0 Å². The van der Waals surface area contributed by atoms with Gasteiger partial charge in [0.15, 0.2) is 5.92 Å². The lowest BCUT2D eigenvalue weighted by Crippen LogP contribution is -2.50. The summed E-state index contributed by atoms with van der Waals surface area (Å²) in [4.78, 5) is 30.2. The van der Waals surface area contributed by atoms with Crippen LogP contribution in [0.2, 0.25) is 0 Å². The van der Waals surface area contributed by atoms with E-state index in [0.29, 0.717) is 17.8 Å². The van der Waals surface area contributed by atoms with E-state index in [2.05, 4.69) is 4.98 Å². The van der Waals surface area contributed by atoms with Crippen LogP contribution in [0.25, 0.3) is 0 Å². The summed E-state index contributed by atoms with van der Waals surface area (Å²) in [5.41, 5.74) is 2.75. The number of nitrogens with zero attached hydrogens (tertiary/aromatic N) is 3. The molecule has 0 unspecified atom stereocenters. The maximum absolute atomic E-state index is 13.4. The number of cyclic esters (lactones) is 2.